The summed E-state index contributed by atoms with van der Waals surface area (Å²) in [5.74, 6) is -0.326. The topological polar surface area (TPSA) is 61.4 Å². The summed E-state index contributed by atoms with van der Waals surface area (Å²) in [6.45, 7) is 3.71. The molecule has 0 amide bonds. The first kappa shape index (κ1) is 26.0. The van der Waals surface area contributed by atoms with Crippen LogP contribution in [0.4, 0.5) is 17.6 Å². The molecule has 0 bridgehead atoms. The molecule has 0 aliphatic rings. The molecule has 0 aliphatic carbocycles. The van der Waals surface area contributed by atoms with Gasteiger partial charge in [-0.3, -0.25) is 4.98 Å². The monoisotopic (exact) mass is 481 g/mol. The zero-order chi connectivity index (χ0) is 25.3. The van der Waals surface area contributed by atoms with E-state index in [-0.39, 0.29) is 11.3 Å². The third kappa shape index (κ3) is 5.36. The van der Waals surface area contributed by atoms with E-state index in [2.05, 4.69) is 9.97 Å². The normalized spacial score (nSPS) is 14.6. The van der Waals surface area contributed by atoms with Gasteiger partial charge in [0.1, 0.15) is 11.6 Å². The van der Waals surface area contributed by atoms with Crippen LogP contribution in [0.2, 0.25) is 0 Å². The number of aromatic amines is 1. The number of methoxy groups -OCH3 is 1. The van der Waals surface area contributed by atoms with Crippen molar-refractivity contribution in [3.05, 3.63) is 59.3 Å². The number of nitrogens with one attached hydrogen (secondary N) is 1. The molecule has 1 unspecified atom stereocenters. The highest BCUT2D eigenvalue weighted by atomic mass is 19.4. The average Bonchev–Trinajstić information content (AvgIpc) is 3.07. The summed E-state index contributed by atoms with van der Waals surface area (Å²) >= 11 is 0. The van der Waals surface area contributed by atoms with E-state index in [1.165, 1.54) is 19.2 Å². The van der Waals surface area contributed by atoms with Gasteiger partial charge in [-0.2, -0.15) is 13.2 Å². The Bertz CT molecular complexity index is 1140. The van der Waals surface area contributed by atoms with E-state index in [0.29, 0.717) is 29.7 Å². The molecule has 2 N–H and O–H groups in total. The van der Waals surface area contributed by atoms with E-state index < -0.39 is 35.9 Å². The van der Waals surface area contributed by atoms with E-state index in [1.807, 2.05) is 19.0 Å². The van der Waals surface area contributed by atoms with Crippen molar-refractivity contribution in [2.75, 3.05) is 27.7 Å². The number of nitrogens with zero attached hydrogens (tertiary/aromatic N) is 2. The van der Waals surface area contributed by atoms with Crippen LogP contribution >= 0.6 is 0 Å². The first-order valence-corrected chi connectivity index (χ1v) is 11.0. The molecule has 3 rings (SSSR count). The zero-order valence-electron chi connectivity index (χ0n) is 20.1. The number of ether oxygens (including phenoxy) is 1. The number of pyridine rings is 1. The maximum Gasteiger partial charge on any atom is 0.417 e. The number of H-pyrrole nitrogens is 1. The molecule has 0 saturated heterocycles. The van der Waals surface area contributed by atoms with Crippen molar-refractivity contribution in [1.29, 1.82) is 0 Å². The molecule has 9 heteroatoms. The van der Waals surface area contributed by atoms with Crippen molar-refractivity contribution in [3.63, 3.8) is 0 Å². The van der Waals surface area contributed by atoms with Crippen LogP contribution in [-0.4, -0.2) is 59.5 Å². The van der Waals surface area contributed by atoms with Gasteiger partial charge in [0, 0.05) is 47.5 Å². The van der Waals surface area contributed by atoms with Crippen LogP contribution in [0, 0.1) is 5.82 Å². The number of hydrogen-bond acceptors (Lipinski definition) is 4. The number of hydrogen-bond donors (Lipinski definition) is 2. The van der Waals surface area contributed by atoms with Gasteiger partial charge in [-0.1, -0.05) is 13.8 Å². The third-order valence-corrected chi connectivity index (χ3v) is 6.23. The van der Waals surface area contributed by atoms with Gasteiger partial charge in [-0.15, -0.1) is 0 Å². The summed E-state index contributed by atoms with van der Waals surface area (Å²) in [4.78, 5) is 9.13. The Labute approximate surface area is 196 Å². The van der Waals surface area contributed by atoms with E-state index in [1.54, 1.807) is 32.3 Å². The van der Waals surface area contributed by atoms with E-state index >= 15 is 0 Å². The molecular weight excluding hydrogens is 450 g/mol. The van der Waals surface area contributed by atoms with Gasteiger partial charge >= 0.3 is 6.18 Å². The average molecular weight is 482 g/mol. The third-order valence-electron chi connectivity index (χ3n) is 6.23. The maximum absolute atomic E-state index is 14.4. The van der Waals surface area contributed by atoms with Gasteiger partial charge in [-0.05, 0) is 62.2 Å². The van der Waals surface area contributed by atoms with Crippen LogP contribution in [0.25, 0.3) is 10.9 Å². The molecule has 186 valence electrons. The standard InChI is InChI=1S/C25H31F4N3O2/c1-23(2,19-12-16(26)6-7-22(19)34-5)15-24(33,25(27,28)29)13-21-17(9-11-32(3)4)18-14-30-10-8-20(18)31-21/h6-8,10,12,14,31,33H,9,11,13,15H2,1-5H3. The van der Waals surface area contributed by atoms with E-state index in [9.17, 15) is 22.7 Å². The lowest BCUT2D eigenvalue weighted by molar-refractivity contribution is -0.266. The minimum atomic E-state index is -4.93. The molecular formula is C25H31F4N3O2. The van der Waals surface area contributed by atoms with Gasteiger partial charge in [0.25, 0.3) is 0 Å². The number of likely N-dealkylation sites (N-methyl/N-ethyl adjacent to an activating group) is 1. The predicted octanol–water partition coefficient (Wildman–Crippen LogP) is 5.02. The number of benzene rings is 1. The van der Waals surface area contributed by atoms with Crippen LogP contribution in [0.5, 0.6) is 5.75 Å². The summed E-state index contributed by atoms with van der Waals surface area (Å²) in [5.41, 5.74) is -2.41. The maximum atomic E-state index is 14.4. The molecule has 2 aromatic heterocycles. The van der Waals surface area contributed by atoms with E-state index in [0.717, 1.165) is 11.5 Å². The molecule has 0 saturated carbocycles. The van der Waals surface area contributed by atoms with Crippen LogP contribution in [-0.2, 0) is 18.3 Å². The second-order valence-corrected chi connectivity index (χ2v) is 9.67. The van der Waals surface area contributed by atoms with Crippen molar-refractivity contribution in [2.24, 2.45) is 0 Å². The molecule has 0 aliphatic heterocycles. The lowest BCUT2D eigenvalue weighted by atomic mass is 9.73. The number of fused-ring (bicyclic) bond motifs is 1. The fourth-order valence-corrected chi connectivity index (χ4v) is 4.51. The molecule has 1 atom stereocenters. The van der Waals surface area contributed by atoms with Crippen molar-refractivity contribution in [1.82, 2.24) is 14.9 Å². The number of halogens is 4. The quantitative estimate of drug-likeness (QED) is 0.422. The van der Waals surface area contributed by atoms with Gasteiger partial charge < -0.3 is 19.7 Å². The minimum absolute atomic E-state index is 0.256. The fraction of sp³-hybridized carbons (Fsp3) is 0.480. The summed E-state index contributed by atoms with van der Waals surface area (Å²) in [5, 5.41) is 11.9. The highest BCUT2D eigenvalue weighted by molar-refractivity contribution is 5.83. The van der Waals surface area contributed by atoms with Crippen LogP contribution in [0.1, 0.15) is 37.1 Å². The molecule has 3 aromatic rings. The number of aliphatic hydroxyl groups is 1. The smallest absolute Gasteiger partial charge is 0.417 e. The highest BCUT2D eigenvalue weighted by Crippen LogP contribution is 2.45. The van der Waals surface area contributed by atoms with Crippen LogP contribution in [0.15, 0.2) is 36.7 Å². The van der Waals surface area contributed by atoms with Crippen molar-refractivity contribution >= 4 is 10.9 Å². The van der Waals surface area contributed by atoms with Gasteiger partial charge in [0.05, 0.1) is 7.11 Å². The second kappa shape index (κ2) is 9.54. The Balaban J connectivity index is 2.05. The lowest BCUT2D eigenvalue weighted by Crippen LogP contribution is -2.51. The van der Waals surface area contributed by atoms with Gasteiger partial charge in [0.2, 0.25) is 0 Å². The highest BCUT2D eigenvalue weighted by Gasteiger charge is 2.56. The SMILES string of the molecule is COc1ccc(F)cc1C(C)(C)CC(O)(Cc1[nH]c2ccncc2c1CCN(C)C)C(F)(F)F. The van der Waals surface area contributed by atoms with Crippen molar-refractivity contribution in [2.45, 2.75) is 50.3 Å². The largest absolute Gasteiger partial charge is 0.496 e. The Kier molecular flexibility index (Phi) is 7.28. The Morgan fingerprint density at radius 1 is 1.15 bits per heavy atom. The Hall–Kier alpha value is -2.65. The number of rotatable bonds is 9. The molecule has 34 heavy (non-hydrogen) atoms. The first-order valence-electron chi connectivity index (χ1n) is 11.0. The molecule has 0 radical (unpaired) electrons. The molecule has 1 aromatic carbocycles. The molecule has 2 heterocycles. The minimum Gasteiger partial charge on any atom is -0.496 e. The summed E-state index contributed by atoms with van der Waals surface area (Å²) in [7, 11) is 5.14. The van der Waals surface area contributed by atoms with Gasteiger partial charge in [-0.25, -0.2) is 4.39 Å². The predicted molar refractivity (Wildman–Crippen MR) is 124 cm³/mol. The molecule has 0 fully saturated rings. The fourth-order valence-electron chi connectivity index (χ4n) is 4.51. The molecule has 0 spiro atoms. The summed E-state index contributed by atoms with van der Waals surface area (Å²) in [6.07, 6.45) is -2.62. The lowest BCUT2D eigenvalue weighted by Gasteiger charge is -2.38. The first-order chi connectivity index (χ1) is 15.8. The molecule has 5 nitrogen and oxygen atoms in total. The number of aromatic nitrogens is 2. The summed E-state index contributed by atoms with van der Waals surface area (Å²) in [6, 6.07) is 5.42. The Morgan fingerprint density at radius 3 is 2.47 bits per heavy atom. The Morgan fingerprint density at radius 2 is 1.85 bits per heavy atom. The second-order valence-electron chi connectivity index (χ2n) is 9.67. The number of alkyl halides is 3. The van der Waals surface area contributed by atoms with E-state index in [4.69, 9.17) is 4.74 Å². The van der Waals surface area contributed by atoms with Crippen molar-refractivity contribution in [3.8, 4) is 5.75 Å². The zero-order valence-corrected chi connectivity index (χ0v) is 20.1. The van der Waals surface area contributed by atoms with Crippen molar-refractivity contribution < 1.29 is 27.4 Å². The van der Waals surface area contributed by atoms with Gasteiger partial charge in [0.15, 0.2) is 5.60 Å². The van der Waals surface area contributed by atoms with Crippen LogP contribution < -0.4 is 4.74 Å². The van der Waals surface area contributed by atoms with Crippen LogP contribution in [0.3, 0.4) is 0 Å². The summed E-state index contributed by atoms with van der Waals surface area (Å²) < 4.78 is 62.5.